The van der Waals surface area contributed by atoms with Gasteiger partial charge in [-0.1, -0.05) is 13.3 Å². The summed E-state index contributed by atoms with van der Waals surface area (Å²) in [7, 11) is 0. The summed E-state index contributed by atoms with van der Waals surface area (Å²) in [6.07, 6.45) is 1.55. The number of amides is 1. The Labute approximate surface area is 89.1 Å². The third-order valence-electron chi connectivity index (χ3n) is 2.07. The van der Waals surface area contributed by atoms with Crippen molar-refractivity contribution >= 4 is 11.6 Å². The van der Waals surface area contributed by atoms with Crippen LogP contribution in [0.2, 0.25) is 0 Å². The smallest absolute Gasteiger partial charge is 0.241 e. The predicted molar refractivity (Wildman–Crippen MR) is 59.6 cm³/mol. The van der Waals surface area contributed by atoms with E-state index in [1.807, 2.05) is 6.92 Å². The van der Waals surface area contributed by atoms with Crippen molar-refractivity contribution in [1.29, 1.82) is 0 Å². The lowest BCUT2D eigenvalue weighted by Gasteiger charge is -2.10. The quantitative estimate of drug-likeness (QED) is 0.656. The lowest BCUT2D eigenvalue weighted by molar-refractivity contribution is -0.117. The average Bonchev–Trinajstić information content (AvgIpc) is 2.22. The number of hydrogen-bond donors (Lipinski definition) is 3. The number of nitrogens with two attached hydrogens (primary N) is 1. The first-order valence-corrected chi connectivity index (χ1v) is 4.99. The van der Waals surface area contributed by atoms with E-state index in [1.165, 1.54) is 12.1 Å². The highest BCUT2D eigenvalue weighted by Crippen LogP contribution is 2.13. The van der Waals surface area contributed by atoms with Gasteiger partial charge in [0.1, 0.15) is 5.75 Å². The van der Waals surface area contributed by atoms with E-state index in [0.717, 1.165) is 6.42 Å². The maximum absolute atomic E-state index is 11.5. The highest BCUT2D eigenvalue weighted by molar-refractivity contribution is 5.94. The molecule has 0 aliphatic rings. The predicted octanol–water partition coefficient (Wildman–Crippen LogP) is 1.46. The zero-order valence-corrected chi connectivity index (χ0v) is 8.73. The molecule has 0 aliphatic carbocycles. The molecular weight excluding hydrogens is 192 g/mol. The molecule has 1 atom stereocenters. The first kappa shape index (κ1) is 11.5. The summed E-state index contributed by atoms with van der Waals surface area (Å²) in [6.45, 7) is 1.98. The molecule has 0 saturated carbocycles. The number of carbonyl (C=O) groups is 1. The molecule has 0 fully saturated rings. The van der Waals surface area contributed by atoms with E-state index in [1.54, 1.807) is 12.1 Å². The summed E-state index contributed by atoms with van der Waals surface area (Å²) in [5.74, 6) is -0.0200. The van der Waals surface area contributed by atoms with Gasteiger partial charge in [-0.25, -0.2) is 0 Å². The first-order valence-electron chi connectivity index (χ1n) is 4.99. The van der Waals surface area contributed by atoms with E-state index < -0.39 is 6.04 Å². The van der Waals surface area contributed by atoms with Gasteiger partial charge in [0.05, 0.1) is 6.04 Å². The fourth-order valence-corrected chi connectivity index (χ4v) is 1.22. The van der Waals surface area contributed by atoms with Crippen molar-refractivity contribution in [3.05, 3.63) is 24.3 Å². The number of phenolic OH excluding ortho intramolecular Hbond substituents is 1. The van der Waals surface area contributed by atoms with Crippen molar-refractivity contribution in [2.45, 2.75) is 25.8 Å². The Morgan fingerprint density at radius 1 is 1.47 bits per heavy atom. The van der Waals surface area contributed by atoms with E-state index in [2.05, 4.69) is 5.32 Å². The second-order valence-corrected chi connectivity index (χ2v) is 3.43. The van der Waals surface area contributed by atoms with Gasteiger partial charge in [-0.15, -0.1) is 0 Å². The Hall–Kier alpha value is -1.55. The van der Waals surface area contributed by atoms with E-state index in [9.17, 15) is 4.79 Å². The van der Waals surface area contributed by atoms with Crippen LogP contribution in [0.25, 0.3) is 0 Å². The molecule has 0 saturated heterocycles. The lowest BCUT2D eigenvalue weighted by atomic mass is 10.1. The summed E-state index contributed by atoms with van der Waals surface area (Å²) >= 11 is 0. The summed E-state index contributed by atoms with van der Waals surface area (Å²) in [5.41, 5.74) is 6.29. The molecule has 0 radical (unpaired) electrons. The largest absolute Gasteiger partial charge is 0.508 e. The molecule has 4 N–H and O–H groups in total. The molecule has 0 bridgehead atoms. The first-order chi connectivity index (χ1) is 7.13. The molecule has 0 heterocycles. The monoisotopic (exact) mass is 208 g/mol. The van der Waals surface area contributed by atoms with Crippen LogP contribution in [0, 0.1) is 0 Å². The van der Waals surface area contributed by atoms with Gasteiger partial charge in [-0.2, -0.15) is 0 Å². The van der Waals surface area contributed by atoms with E-state index in [-0.39, 0.29) is 11.7 Å². The van der Waals surface area contributed by atoms with Gasteiger partial charge in [0, 0.05) is 5.69 Å². The van der Waals surface area contributed by atoms with Crippen molar-refractivity contribution in [3.63, 3.8) is 0 Å². The Kier molecular flexibility index (Phi) is 4.12. The van der Waals surface area contributed by atoms with Crippen LogP contribution in [0.4, 0.5) is 5.69 Å². The minimum Gasteiger partial charge on any atom is -0.508 e. The molecule has 0 aromatic heterocycles. The van der Waals surface area contributed by atoms with Gasteiger partial charge in [0.25, 0.3) is 0 Å². The second-order valence-electron chi connectivity index (χ2n) is 3.43. The Balaban J connectivity index is 2.54. The summed E-state index contributed by atoms with van der Waals surface area (Å²) < 4.78 is 0. The Morgan fingerprint density at radius 3 is 2.60 bits per heavy atom. The molecule has 0 unspecified atom stereocenters. The molecule has 1 rings (SSSR count). The standard InChI is InChI=1S/C11H16N2O2/c1-2-3-10(12)11(15)13-8-4-6-9(14)7-5-8/h4-7,10,14H,2-3,12H2,1H3,(H,13,15)/t10-/m0/s1. The van der Waals surface area contributed by atoms with Crippen molar-refractivity contribution in [3.8, 4) is 5.75 Å². The van der Waals surface area contributed by atoms with Crippen LogP contribution in [-0.2, 0) is 4.79 Å². The summed E-state index contributed by atoms with van der Waals surface area (Å²) in [6, 6.07) is 5.82. The molecule has 1 aromatic rings. The fourth-order valence-electron chi connectivity index (χ4n) is 1.22. The highest BCUT2D eigenvalue weighted by Gasteiger charge is 2.11. The van der Waals surface area contributed by atoms with Crippen molar-refractivity contribution in [1.82, 2.24) is 0 Å². The van der Waals surface area contributed by atoms with Gasteiger partial charge in [-0.05, 0) is 30.7 Å². The van der Waals surface area contributed by atoms with E-state index >= 15 is 0 Å². The number of anilines is 1. The summed E-state index contributed by atoms with van der Waals surface area (Å²) in [4.78, 5) is 11.5. The molecule has 1 aromatic carbocycles. The number of carbonyl (C=O) groups excluding carboxylic acids is 1. The molecule has 0 aliphatic heterocycles. The highest BCUT2D eigenvalue weighted by atomic mass is 16.3. The van der Waals surface area contributed by atoms with Gasteiger partial charge < -0.3 is 16.2 Å². The topological polar surface area (TPSA) is 75.4 Å². The molecular formula is C11H16N2O2. The SMILES string of the molecule is CCC[C@H](N)C(=O)Nc1ccc(O)cc1. The van der Waals surface area contributed by atoms with Crippen LogP contribution in [0.15, 0.2) is 24.3 Å². The maximum atomic E-state index is 11.5. The number of aromatic hydroxyl groups is 1. The van der Waals surface area contributed by atoms with Gasteiger partial charge in [0.2, 0.25) is 5.91 Å². The maximum Gasteiger partial charge on any atom is 0.241 e. The number of benzene rings is 1. The minimum atomic E-state index is -0.469. The molecule has 82 valence electrons. The summed E-state index contributed by atoms with van der Waals surface area (Å²) in [5, 5.41) is 11.7. The Bertz CT molecular complexity index is 322. The van der Waals surface area contributed by atoms with E-state index in [0.29, 0.717) is 12.1 Å². The molecule has 15 heavy (non-hydrogen) atoms. The minimum absolute atomic E-state index is 0.172. The van der Waals surface area contributed by atoms with Crippen LogP contribution in [0.3, 0.4) is 0 Å². The third-order valence-corrected chi connectivity index (χ3v) is 2.07. The molecule has 4 heteroatoms. The van der Waals surface area contributed by atoms with Gasteiger partial charge in [-0.3, -0.25) is 4.79 Å². The van der Waals surface area contributed by atoms with Crippen LogP contribution in [-0.4, -0.2) is 17.1 Å². The van der Waals surface area contributed by atoms with Gasteiger partial charge in [0.15, 0.2) is 0 Å². The molecule has 1 amide bonds. The van der Waals surface area contributed by atoms with Crippen molar-refractivity contribution in [2.24, 2.45) is 5.73 Å². The van der Waals surface area contributed by atoms with Crippen molar-refractivity contribution < 1.29 is 9.90 Å². The Morgan fingerprint density at radius 2 is 2.07 bits per heavy atom. The lowest BCUT2D eigenvalue weighted by Crippen LogP contribution is -2.35. The third kappa shape index (κ3) is 3.59. The number of hydrogen-bond acceptors (Lipinski definition) is 3. The van der Waals surface area contributed by atoms with Crippen LogP contribution in [0.5, 0.6) is 5.75 Å². The number of rotatable bonds is 4. The second kappa shape index (κ2) is 5.36. The number of phenols is 1. The molecule has 0 spiro atoms. The number of nitrogens with one attached hydrogen (secondary N) is 1. The average molecular weight is 208 g/mol. The van der Waals surface area contributed by atoms with E-state index in [4.69, 9.17) is 10.8 Å². The zero-order valence-electron chi connectivity index (χ0n) is 8.73. The fraction of sp³-hybridized carbons (Fsp3) is 0.364. The van der Waals surface area contributed by atoms with Crippen LogP contribution in [0.1, 0.15) is 19.8 Å². The van der Waals surface area contributed by atoms with Gasteiger partial charge >= 0.3 is 0 Å². The van der Waals surface area contributed by atoms with Crippen LogP contribution < -0.4 is 11.1 Å². The molecule has 4 nitrogen and oxygen atoms in total. The zero-order chi connectivity index (χ0) is 11.3. The normalized spacial score (nSPS) is 12.1. The van der Waals surface area contributed by atoms with Crippen molar-refractivity contribution in [2.75, 3.05) is 5.32 Å². The van der Waals surface area contributed by atoms with Crippen LogP contribution >= 0.6 is 0 Å².